The van der Waals surface area contributed by atoms with Gasteiger partial charge in [-0.3, -0.25) is 0 Å². The summed E-state index contributed by atoms with van der Waals surface area (Å²) in [6, 6.07) is 15.6. The number of ether oxygens (including phenoxy) is 1. The quantitative estimate of drug-likeness (QED) is 0.295. The maximum Gasteiger partial charge on any atom is 0.166 e. The van der Waals surface area contributed by atoms with Crippen LogP contribution in [-0.2, 0) is 6.42 Å². The van der Waals surface area contributed by atoms with Crippen LogP contribution in [-0.4, -0.2) is 11.7 Å². The second kappa shape index (κ2) is 12.6. The molecule has 0 bridgehead atoms. The van der Waals surface area contributed by atoms with Gasteiger partial charge in [-0.05, 0) is 98.1 Å². The summed E-state index contributed by atoms with van der Waals surface area (Å²) < 4.78 is 49.7. The van der Waals surface area contributed by atoms with Crippen LogP contribution >= 0.6 is 0 Å². The summed E-state index contributed by atoms with van der Waals surface area (Å²) in [5, 5.41) is 10.2. The van der Waals surface area contributed by atoms with Gasteiger partial charge in [0.05, 0.1) is 12.7 Å². The monoisotopic (exact) mass is 510 g/mol. The third kappa shape index (κ3) is 6.56. The van der Waals surface area contributed by atoms with Crippen molar-refractivity contribution in [2.75, 3.05) is 6.61 Å². The molecule has 0 aromatic heterocycles. The van der Waals surface area contributed by atoms with Crippen LogP contribution in [0.15, 0.2) is 54.6 Å². The molecule has 0 heterocycles. The molecule has 198 valence electrons. The molecule has 1 saturated carbocycles. The first-order valence-electron chi connectivity index (χ1n) is 13.6. The number of hydrogen-bond acceptors (Lipinski definition) is 2. The van der Waals surface area contributed by atoms with E-state index in [2.05, 4.69) is 0 Å². The second-order valence-electron chi connectivity index (χ2n) is 10.2. The summed E-state index contributed by atoms with van der Waals surface area (Å²) in [5.41, 5.74) is 3.05. The van der Waals surface area contributed by atoms with E-state index in [1.807, 2.05) is 19.9 Å². The molecule has 0 amide bonds. The Balaban J connectivity index is 1.35. The van der Waals surface area contributed by atoms with Crippen molar-refractivity contribution in [3.63, 3.8) is 0 Å². The average Bonchev–Trinajstić information content (AvgIpc) is 2.91. The molecule has 2 nitrogen and oxygen atoms in total. The molecule has 5 heteroatoms. The largest absolute Gasteiger partial charge is 0.491 e. The summed E-state index contributed by atoms with van der Waals surface area (Å²) in [5.74, 6) is -1.09. The van der Waals surface area contributed by atoms with Gasteiger partial charge in [-0.2, -0.15) is 0 Å². The van der Waals surface area contributed by atoms with E-state index in [1.165, 1.54) is 0 Å². The molecule has 37 heavy (non-hydrogen) atoms. The zero-order valence-electron chi connectivity index (χ0n) is 21.8. The van der Waals surface area contributed by atoms with Gasteiger partial charge in [0, 0.05) is 5.56 Å². The molecule has 3 aromatic rings. The molecular weight excluding hydrogens is 473 g/mol. The lowest BCUT2D eigenvalue weighted by Gasteiger charge is -2.29. The molecule has 0 radical (unpaired) electrons. The Bertz CT molecular complexity index is 1170. The van der Waals surface area contributed by atoms with Gasteiger partial charge in [-0.15, -0.1) is 0 Å². The topological polar surface area (TPSA) is 29.5 Å². The minimum absolute atomic E-state index is 0.00860. The predicted molar refractivity (Wildman–Crippen MR) is 142 cm³/mol. The van der Waals surface area contributed by atoms with Crippen LogP contribution in [0.5, 0.6) is 5.75 Å². The Hall–Kier alpha value is -2.79. The van der Waals surface area contributed by atoms with Crippen molar-refractivity contribution < 1.29 is 23.0 Å². The van der Waals surface area contributed by atoms with E-state index in [1.54, 1.807) is 48.5 Å². The maximum absolute atomic E-state index is 15.2. The summed E-state index contributed by atoms with van der Waals surface area (Å²) in [7, 11) is 0. The van der Waals surface area contributed by atoms with Gasteiger partial charge in [-0.25, -0.2) is 13.2 Å². The Kier molecular flexibility index (Phi) is 9.31. The van der Waals surface area contributed by atoms with Gasteiger partial charge >= 0.3 is 0 Å². The first kappa shape index (κ1) is 27.3. The third-order valence-electron chi connectivity index (χ3n) is 7.70. The highest BCUT2D eigenvalue weighted by atomic mass is 19.2. The van der Waals surface area contributed by atoms with Crippen molar-refractivity contribution in [1.29, 1.82) is 0 Å². The Morgan fingerprint density at radius 1 is 0.892 bits per heavy atom. The molecule has 3 aromatic carbocycles. The first-order valence-corrected chi connectivity index (χ1v) is 13.6. The number of aryl methyl sites for hydroxylation is 1. The molecule has 1 atom stereocenters. The van der Waals surface area contributed by atoms with Gasteiger partial charge in [0.15, 0.2) is 23.2 Å². The van der Waals surface area contributed by atoms with Crippen LogP contribution in [0.4, 0.5) is 13.2 Å². The first-order chi connectivity index (χ1) is 17.9. The Morgan fingerprint density at radius 2 is 1.62 bits per heavy atom. The predicted octanol–water partition coefficient (Wildman–Crippen LogP) is 8.91. The fourth-order valence-corrected chi connectivity index (χ4v) is 5.53. The van der Waals surface area contributed by atoms with Crippen LogP contribution < -0.4 is 4.74 Å². The number of benzene rings is 3. The zero-order valence-corrected chi connectivity index (χ0v) is 21.8. The molecule has 4 rings (SSSR count). The highest BCUT2D eigenvalue weighted by Crippen LogP contribution is 2.40. The van der Waals surface area contributed by atoms with Crippen molar-refractivity contribution in [1.82, 2.24) is 0 Å². The van der Waals surface area contributed by atoms with Crippen molar-refractivity contribution in [2.24, 2.45) is 5.92 Å². The van der Waals surface area contributed by atoms with E-state index in [0.717, 1.165) is 56.1 Å². The normalized spacial score (nSPS) is 18.5. The fourth-order valence-electron chi connectivity index (χ4n) is 5.53. The van der Waals surface area contributed by atoms with E-state index >= 15 is 8.78 Å². The van der Waals surface area contributed by atoms with Crippen LogP contribution in [0.2, 0.25) is 0 Å². The molecule has 0 saturated heterocycles. The van der Waals surface area contributed by atoms with Gasteiger partial charge in [0.1, 0.15) is 0 Å². The fraction of sp³-hybridized carbons (Fsp3) is 0.438. The standard InChI is InChI=1S/C32H37F3O2/c1-3-5-29(36)25-15-13-24(14-16-25)27-18-17-26(31(34)32(27)35)23-11-8-21(9-12-23)6-7-22-10-19-30(37-4-2)28(33)20-22/h10,13-21,23,29,36H,3-9,11-12H2,1-2H3. The van der Waals surface area contributed by atoms with E-state index in [0.29, 0.717) is 30.1 Å². The van der Waals surface area contributed by atoms with Gasteiger partial charge in [0.25, 0.3) is 0 Å². The van der Waals surface area contributed by atoms with Gasteiger partial charge in [-0.1, -0.05) is 55.8 Å². The smallest absolute Gasteiger partial charge is 0.166 e. The molecule has 1 fully saturated rings. The molecular formula is C32H37F3O2. The van der Waals surface area contributed by atoms with Crippen molar-refractivity contribution in [3.8, 4) is 16.9 Å². The second-order valence-corrected chi connectivity index (χ2v) is 10.2. The number of hydrogen-bond donors (Lipinski definition) is 1. The van der Waals surface area contributed by atoms with Crippen LogP contribution in [0.25, 0.3) is 11.1 Å². The Labute approximate surface area is 218 Å². The van der Waals surface area contributed by atoms with E-state index in [9.17, 15) is 9.50 Å². The van der Waals surface area contributed by atoms with Gasteiger partial charge in [0.2, 0.25) is 0 Å². The van der Waals surface area contributed by atoms with E-state index < -0.39 is 17.7 Å². The van der Waals surface area contributed by atoms with Crippen LogP contribution in [0.1, 0.15) is 87.5 Å². The SMILES string of the molecule is CCCC(O)c1ccc(-c2ccc(C3CCC(CCc4ccc(OCC)c(F)c4)CC3)c(F)c2F)cc1. The molecule has 1 N–H and O–H groups in total. The van der Waals surface area contributed by atoms with Gasteiger partial charge < -0.3 is 9.84 Å². The Morgan fingerprint density at radius 3 is 2.27 bits per heavy atom. The third-order valence-corrected chi connectivity index (χ3v) is 7.70. The van der Waals surface area contributed by atoms with Crippen LogP contribution in [0.3, 0.4) is 0 Å². The molecule has 1 unspecified atom stereocenters. The lowest BCUT2D eigenvalue weighted by atomic mass is 9.76. The number of aliphatic hydroxyl groups excluding tert-OH is 1. The maximum atomic E-state index is 15.2. The highest BCUT2D eigenvalue weighted by Gasteiger charge is 2.26. The summed E-state index contributed by atoms with van der Waals surface area (Å²) in [6.07, 6.45) is 6.30. The molecule has 1 aliphatic rings. The lowest BCUT2D eigenvalue weighted by molar-refractivity contribution is 0.166. The summed E-state index contributed by atoms with van der Waals surface area (Å²) in [6.45, 7) is 4.28. The molecule has 1 aliphatic carbocycles. The molecule has 0 aliphatic heterocycles. The summed E-state index contributed by atoms with van der Waals surface area (Å²) >= 11 is 0. The van der Waals surface area contributed by atoms with Crippen molar-refractivity contribution >= 4 is 0 Å². The van der Waals surface area contributed by atoms with E-state index in [-0.39, 0.29) is 23.0 Å². The van der Waals surface area contributed by atoms with Crippen molar-refractivity contribution in [2.45, 2.75) is 77.2 Å². The number of rotatable bonds is 10. The minimum atomic E-state index is -0.806. The average molecular weight is 511 g/mol. The van der Waals surface area contributed by atoms with Crippen molar-refractivity contribution in [3.05, 3.63) is 88.7 Å². The minimum Gasteiger partial charge on any atom is -0.491 e. The van der Waals surface area contributed by atoms with E-state index in [4.69, 9.17) is 4.74 Å². The highest BCUT2D eigenvalue weighted by molar-refractivity contribution is 5.65. The zero-order chi connectivity index (χ0) is 26.4. The lowest BCUT2D eigenvalue weighted by Crippen LogP contribution is -2.15. The summed E-state index contributed by atoms with van der Waals surface area (Å²) in [4.78, 5) is 0. The molecule has 0 spiro atoms. The number of aliphatic hydroxyl groups is 1. The number of halogens is 3. The van der Waals surface area contributed by atoms with Crippen LogP contribution in [0, 0.1) is 23.4 Å².